The second-order valence-corrected chi connectivity index (χ2v) is 8.14. The zero-order valence-electron chi connectivity index (χ0n) is 16.2. The van der Waals surface area contributed by atoms with Gasteiger partial charge in [0.1, 0.15) is 10.5 Å². The first-order valence-electron chi connectivity index (χ1n) is 9.39. The molecule has 4 aromatic rings. The number of halogens is 1. The lowest BCUT2D eigenvalue weighted by atomic mass is 10.1. The molecule has 2 heterocycles. The van der Waals surface area contributed by atoms with Crippen LogP contribution in [0.25, 0.3) is 27.2 Å². The van der Waals surface area contributed by atoms with E-state index in [1.54, 1.807) is 0 Å². The molecule has 0 bridgehead atoms. The summed E-state index contributed by atoms with van der Waals surface area (Å²) in [4.78, 5) is 25.1. The second-order valence-electron chi connectivity index (χ2n) is 6.67. The number of nitrogens with zero attached hydrogens (tertiary/aromatic N) is 2. The molecule has 0 fully saturated rings. The van der Waals surface area contributed by atoms with Crippen molar-refractivity contribution in [3.05, 3.63) is 70.6 Å². The molecule has 0 saturated heterocycles. The number of rotatable bonds is 6. The number of benzene rings is 2. The summed E-state index contributed by atoms with van der Waals surface area (Å²) in [6.45, 7) is 2.20. The number of hydrogen-bond acceptors (Lipinski definition) is 4. The molecular formula is C22H19ClN4O2S. The standard InChI is InChI=1S/C22H19ClN4O2S/c1-14(28)24-11-12-25-21(29)19-13-18-20(15-5-3-2-4-6-15)26-27(22(18)30-19)17-9-7-16(23)8-10-17/h2-10,13H,11-12H2,1H3,(H,24,28)(H,25,29). The van der Waals surface area contributed by atoms with E-state index in [-0.39, 0.29) is 11.8 Å². The number of carbonyl (C=O) groups excluding carboxylic acids is 2. The summed E-state index contributed by atoms with van der Waals surface area (Å²) in [6.07, 6.45) is 0. The highest BCUT2D eigenvalue weighted by Gasteiger charge is 2.19. The molecule has 0 spiro atoms. The summed E-state index contributed by atoms with van der Waals surface area (Å²) in [6, 6.07) is 19.2. The van der Waals surface area contributed by atoms with Crippen LogP contribution in [-0.4, -0.2) is 34.7 Å². The van der Waals surface area contributed by atoms with E-state index in [4.69, 9.17) is 16.7 Å². The van der Waals surface area contributed by atoms with E-state index in [0.717, 1.165) is 27.2 Å². The van der Waals surface area contributed by atoms with Gasteiger partial charge in [0, 0.05) is 36.0 Å². The highest BCUT2D eigenvalue weighted by molar-refractivity contribution is 7.20. The first-order valence-corrected chi connectivity index (χ1v) is 10.6. The highest BCUT2D eigenvalue weighted by atomic mass is 35.5. The quantitative estimate of drug-likeness (QED) is 0.441. The minimum Gasteiger partial charge on any atom is -0.355 e. The molecule has 8 heteroatoms. The lowest BCUT2D eigenvalue weighted by Gasteiger charge is -2.04. The molecule has 6 nitrogen and oxygen atoms in total. The Morgan fingerprint density at radius 3 is 2.43 bits per heavy atom. The van der Waals surface area contributed by atoms with Gasteiger partial charge < -0.3 is 10.6 Å². The minimum absolute atomic E-state index is 0.123. The molecule has 0 aliphatic carbocycles. The summed E-state index contributed by atoms with van der Waals surface area (Å²) < 4.78 is 1.84. The summed E-state index contributed by atoms with van der Waals surface area (Å²) in [5.41, 5.74) is 2.66. The molecule has 2 aromatic carbocycles. The third-order valence-corrected chi connectivity index (χ3v) is 5.85. The normalized spacial score (nSPS) is 10.9. The van der Waals surface area contributed by atoms with Crippen LogP contribution in [0.3, 0.4) is 0 Å². The van der Waals surface area contributed by atoms with Crippen LogP contribution in [0, 0.1) is 0 Å². The minimum atomic E-state index is -0.178. The fourth-order valence-electron chi connectivity index (χ4n) is 3.09. The summed E-state index contributed by atoms with van der Waals surface area (Å²) >= 11 is 7.42. The number of amides is 2. The number of aromatic nitrogens is 2. The maximum Gasteiger partial charge on any atom is 0.261 e. The third-order valence-electron chi connectivity index (χ3n) is 4.49. The van der Waals surface area contributed by atoms with Gasteiger partial charge in [-0.15, -0.1) is 11.3 Å². The van der Waals surface area contributed by atoms with Gasteiger partial charge in [-0.25, -0.2) is 4.68 Å². The van der Waals surface area contributed by atoms with Crippen molar-refractivity contribution in [3.63, 3.8) is 0 Å². The van der Waals surface area contributed by atoms with Crippen LogP contribution in [-0.2, 0) is 4.79 Å². The Morgan fingerprint density at radius 1 is 1.03 bits per heavy atom. The van der Waals surface area contributed by atoms with Gasteiger partial charge in [0.05, 0.1) is 10.6 Å². The van der Waals surface area contributed by atoms with E-state index < -0.39 is 0 Å². The van der Waals surface area contributed by atoms with E-state index >= 15 is 0 Å². The van der Waals surface area contributed by atoms with Crippen molar-refractivity contribution in [2.75, 3.05) is 13.1 Å². The van der Waals surface area contributed by atoms with E-state index in [2.05, 4.69) is 10.6 Å². The average Bonchev–Trinajstić information content (AvgIpc) is 3.32. The average molecular weight is 439 g/mol. The fourth-order valence-corrected chi connectivity index (χ4v) is 4.26. The molecule has 0 unspecified atom stereocenters. The number of hydrogen-bond donors (Lipinski definition) is 2. The molecule has 0 saturated carbocycles. The molecule has 0 aliphatic heterocycles. The molecular weight excluding hydrogens is 420 g/mol. The highest BCUT2D eigenvalue weighted by Crippen LogP contribution is 2.35. The lowest BCUT2D eigenvalue weighted by molar-refractivity contribution is -0.118. The number of fused-ring (bicyclic) bond motifs is 1. The monoisotopic (exact) mass is 438 g/mol. The molecule has 0 aliphatic rings. The SMILES string of the molecule is CC(=O)NCCNC(=O)c1cc2c(-c3ccccc3)nn(-c3ccc(Cl)cc3)c2s1. The van der Waals surface area contributed by atoms with Crippen molar-refractivity contribution >= 4 is 45.0 Å². The Labute approximate surface area is 182 Å². The van der Waals surface area contributed by atoms with Gasteiger partial charge in [-0.2, -0.15) is 5.10 Å². The third kappa shape index (κ3) is 4.22. The van der Waals surface area contributed by atoms with Crippen molar-refractivity contribution in [2.45, 2.75) is 6.92 Å². The molecule has 0 radical (unpaired) electrons. The first kappa shape index (κ1) is 20.1. The Balaban J connectivity index is 1.72. The maximum atomic E-state index is 12.6. The predicted octanol–water partition coefficient (Wildman–Crippen LogP) is 4.27. The van der Waals surface area contributed by atoms with Crippen molar-refractivity contribution < 1.29 is 9.59 Å². The zero-order valence-corrected chi connectivity index (χ0v) is 17.8. The largest absolute Gasteiger partial charge is 0.355 e. The van der Waals surface area contributed by atoms with Crippen LogP contribution in [0.1, 0.15) is 16.6 Å². The van der Waals surface area contributed by atoms with E-state index in [1.165, 1.54) is 18.3 Å². The van der Waals surface area contributed by atoms with Crippen LogP contribution in [0.4, 0.5) is 0 Å². The van der Waals surface area contributed by atoms with Gasteiger partial charge in [0.15, 0.2) is 0 Å². The van der Waals surface area contributed by atoms with E-state index in [9.17, 15) is 9.59 Å². The van der Waals surface area contributed by atoms with Crippen molar-refractivity contribution in [1.29, 1.82) is 0 Å². The molecule has 152 valence electrons. The predicted molar refractivity (Wildman–Crippen MR) is 120 cm³/mol. The lowest BCUT2D eigenvalue weighted by Crippen LogP contribution is -2.33. The Morgan fingerprint density at radius 2 is 1.73 bits per heavy atom. The number of thiophene rings is 1. The van der Waals surface area contributed by atoms with Crippen molar-refractivity contribution in [1.82, 2.24) is 20.4 Å². The summed E-state index contributed by atoms with van der Waals surface area (Å²) in [5.74, 6) is -0.301. The molecule has 2 aromatic heterocycles. The fraction of sp³-hybridized carbons (Fsp3) is 0.136. The van der Waals surface area contributed by atoms with Gasteiger partial charge in [-0.05, 0) is 30.3 Å². The number of nitrogens with one attached hydrogen (secondary N) is 2. The van der Waals surface area contributed by atoms with Crippen molar-refractivity contribution in [3.8, 4) is 16.9 Å². The topological polar surface area (TPSA) is 76.0 Å². The van der Waals surface area contributed by atoms with E-state index in [1.807, 2.05) is 65.3 Å². The smallest absolute Gasteiger partial charge is 0.261 e. The first-order chi connectivity index (χ1) is 14.5. The molecule has 2 amide bonds. The van der Waals surface area contributed by atoms with Gasteiger partial charge in [-0.3, -0.25) is 9.59 Å². The van der Waals surface area contributed by atoms with Crippen LogP contribution in [0.2, 0.25) is 5.02 Å². The van der Waals surface area contributed by atoms with Crippen LogP contribution in [0.5, 0.6) is 0 Å². The summed E-state index contributed by atoms with van der Waals surface area (Å²) in [5, 5.41) is 11.9. The van der Waals surface area contributed by atoms with Crippen LogP contribution in [0.15, 0.2) is 60.7 Å². The molecule has 2 N–H and O–H groups in total. The Hall–Kier alpha value is -3.16. The molecule has 30 heavy (non-hydrogen) atoms. The molecule has 4 rings (SSSR count). The summed E-state index contributed by atoms with van der Waals surface area (Å²) in [7, 11) is 0. The van der Waals surface area contributed by atoms with Gasteiger partial charge in [-0.1, -0.05) is 41.9 Å². The van der Waals surface area contributed by atoms with Gasteiger partial charge >= 0.3 is 0 Å². The number of carbonyl (C=O) groups is 2. The second kappa shape index (κ2) is 8.69. The Bertz CT molecular complexity index is 1200. The molecule has 0 atom stereocenters. The van der Waals surface area contributed by atoms with Crippen molar-refractivity contribution in [2.24, 2.45) is 0 Å². The van der Waals surface area contributed by atoms with E-state index in [0.29, 0.717) is 23.0 Å². The van der Waals surface area contributed by atoms with Crippen LogP contribution >= 0.6 is 22.9 Å². The maximum absolute atomic E-state index is 12.6. The van der Waals surface area contributed by atoms with Gasteiger partial charge in [0.2, 0.25) is 5.91 Å². The Kier molecular flexibility index (Phi) is 5.83. The van der Waals surface area contributed by atoms with Gasteiger partial charge in [0.25, 0.3) is 5.91 Å². The zero-order chi connectivity index (χ0) is 21.1. The van der Waals surface area contributed by atoms with Crippen LogP contribution < -0.4 is 10.6 Å².